The molecule has 0 aromatic carbocycles. The molecule has 32 heavy (non-hydrogen) atoms. The van der Waals surface area contributed by atoms with Gasteiger partial charge < -0.3 is 19.3 Å². The van der Waals surface area contributed by atoms with Gasteiger partial charge in [-0.1, -0.05) is 53.4 Å². The zero-order valence-corrected chi connectivity index (χ0v) is 22.5. The van der Waals surface area contributed by atoms with E-state index in [0.29, 0.717) is 0 Å². The van der Waals surface area contributed by atoms with Crippen LogP contribution in [0, 0.1) is 0 Å². The van der Waals surface area contributed by atoms with Crippen LogP contribution in [0.3, 0.4) is 0 Å². The third-order valence-corrected chi connectivity index (χ3v) is 6.08. The van der Waals surface area contributed by atoms with Crippen LogP contribution in [0.4, 0.5) is 4.79 Å². The van der Waals surface area contributed by atoms with Gasteiger partial charge in [0.25, 0.3) is 0 Å². The molecule has 0 bridgehead atoms. The Morgan fingerprint density at radius 1 is 0.562 bits per heavy atom. The molecule has 0 N–H and O–H groups in total. The molecule has 5 nitrogen and oxygen atoms in total. The van der Waals surface area contributed by atoms with Gasteiger partial charge in [-0.3, -0.25) is 0 Å². The standard InChI is InChI=1S/C27H56N2O3/c1-7-11-19-28(20-12-8-2)23-15-17-25(5)31-27(30)32-26(6)18-16-24-29(21-13-9-3)22-14-10-4/h25-26H,7-24H2,1-6H3/t25-,26-/m0/s1. The Morgan fingerprint density at radius 3 is 1.12 bits per heavy atom. The van der Waals surface area contributed by atoms with Gasteiger partial charge in [-0.2, -0.15) is 0 Å². The average Bonchev–Trinajstić information content (AvgIpc) is 2.76. The molecule has 0 aliphatic carbocycles. The van der Waals surface area contributed by atoms with Crippen LogP contribution in [-0.2, 0) is 9.47 Å². The quantitative estimate of drug-likeness (QED) is 0.160. The van der Waals surface area contributed by atoms with Gasteiger partial charge in [0, 0.05) is 0 Å². The molecule has 0 fully saturated rings. The van der Waals surface area contributed by atoms with Crippen LogP contribution >= 0.6 is 0 Å². The van der Waals surface area contributed by atoms with E-state index >= 15 is 0 Å². The molecular weight excluding hydrogens is 400 g/mol. The summed E-state index contributed by atoms with van der Waals surface area (Å²) >= 11 is 0. The maximum atomic E-state index is 12.2. The molecule has 5 heteroatoms. The van der Waals surface area contributed by atoms with Crippen LogP contribution in [0.5, 0.6) is 0 Å². The number of carbonyl (C=O) groups is 1. The van der Waals surface area contributed by atoms with E-state index in [-0.39, 0.29) is 12.2 Å². The normalized spacial score (nSPS) is 13.5. The number of nitrogens with zero attached hydrogens (tertiary/aromatic N) is 2. The lowest BCUT2D eigenvalue weighted by Gasteiger charge is -2.23. The van der Waals surface area contributed by atoms with Crippen molar-refractivity contribution in [2.45, 2.75) is 131 Å². The number of hydrogen-bond acceptors (Lipinski definition) is 5. The van der Waals surface area contributed by atoms with E-state index < -0.39 is 6.16 Å². The lowest BCUT2D eigenvalue weighted by atomic mass is 10.2. The molecule has 192 valence electrons. The number of carbonyl (C=O) groups excluding carboxylic acids is 1. The third kappa shape index (κ3) is 18.7. The fourth-order valence-electron chi connectivity index (χ4n) is 3.88. The molecule has 0 saturated heterocycles. The van der Waals surface area contributed by atoms with E-state index in [1.807, 2.05) is 13.8 Å². The molecule has 0 heterocycles. The lowest BCUT2D eigenvalue weighted by molar-refractivity contribution is 0.00179. The van der Waals surface area contributed by atoms with Crippen molar-refractivity contribution >= 4 is 6.16 Å². The summed E-state index contributed by atoms with van der Waals surface area (Å²) < 4.78 is 11.0. The number of ether oxygens (including phenoxy) is 2. The van der Waals surface area contributed by atoms with Gasteiger partial charge in [-0.15, -0.1) is 0 Å². The fraction of sp³-hybridized carbons (Fsp3) is 0.963. The van der Waals surface area contributed by atoms with E-state index in [4.69, 9.17) is 9.47 Å². The first kappa shape index (κ1) is 31.2. The van der Waals surface area contributed by atoms with Gasteiger partial charge in [0.05, 0.1) is 0 Å². The van der Waals surface area contributed by atoms with E-state index in [9.17, 15) is 4.79 Å². The largest absolute Gasteiger partial charge is 0.508 e. The molecule has 0 radical (unpaired) electrons. The van der Waals surface area contributed by atoms with Gasteiger partial charge in [-0.25, -0.2) is 4.79 Å². The van der Waals surface area contributed by atoms with Crippen molar-refractivity contribution in [3.63, 3.8) is 0 Å². The highest BCUT2D eigenvalue weighted by Gasteiger charge is 2.15. The van der Waals surface area contributed by atoms with Crippen molar-refractivity contribution < 1.29 is 14.3 Å². The molecule has 0 aromatic rings. The molecule has 0 amide bonds. The van der Waals surface area contributed by atoms with Gasteiger partial charge >= 0.3 is 6.16 Å². The summed E-state index contributed by atoms with van der Waals surface area (Å²) in [5.41, 5.74) is 0. The summed E-state index contributed by atoms with van der Waals surface area (Å²) in [6, 6.07) is 0. The van der Waals surface area contributed by atoms with Gasteiger partial charge in [-0.05, 0) is 104 Å². The lowest BCUT2D eigenvalue weighted by Crippen LogP contribution is -2.29. The monoisotopic (exact) mass is 456 g/mol. The predicted octanol–water partition coefficient (Wildman–Crippen LogP) is 7.28. The first-order chi connectivity index (χ1) is 15.5. The predicted molar refractivity (Wildman–Crippen MR) is 137 cm³/mol. The first-order valence-electron chi connectivity index (χ1n) is 13.8. The zero-order valence-electron chi connectivity index (χ0n) is 22.5. The van der Waals surface area contributed by atoms with Gasteiger partial charge in [0.15, 0.2) is 0 Å². The highest BCUT2D eigenvalue weighted by Crippen LogP contribution is 2.10. The Kier molecular flexibility index (Phi) is 21.4. The van der Waals surface area contributed by atoms with E-state index in [1.165, 1.54) is 77.5 Å². The second-order valence-corrected chi connectivity index (χ2v) is 9.49. The highest BCUT2D eigenvalue weighted by molar-refractivity contribution is 5.60. The summed E-state index contributed by atoms with van der Waals surface area (Å²) in [4.78, 5) is 17.3. The van der Waals surface area contributed by atoms with Crippen molar-refractivity contribution in [2.75, 3.05) is 39.3 Å². The molecule has 2 atom stereocenters. The number of unbranched alkanes of at least 4 members (excludes halogenated alkanes) is 4. The van der Waals surface area contributed by atoms with E-state index in [0.717, 1.165) is 38.8 Å². The Labute approximate surface area is 200 Å². The van der Waals surface area contributed by atoms with Crippen molar-refractivity contribution in [3.8, 4) is 0 Å². The summed E-state index contributed by atoms with van der Waals surface area (Å²) in [6.07, 6.45) is 13.2. The highest BCUT2D eigenvalue weighted by atomic mass is 16.7. The molecule has 0 rings (SSSR count). The second kappa shape index (κ2) is 22.0. The summed E-state index contributed by atoms with van der Waals surface area (Å²) in [6.45, 7) is 19.8. The average molecular weight is 457 g/mol. The first-order valence-corrected chi connectivity index (χ1v) is 13.8. The van der Waals surface area contributed by atoms with Crippen LogP contribution in [0.25, 0.3) is 0 Å². The molecule has 0 saturated carbocycles. The van der Waals surface area contributed by atoms with Gasteiger partial charge in [0.1, 0.15) is 12.2 Å². The minimum absolute atomic E-state index is 0.0903. The fourth-order valence-corrected chi connectivity index (χ4v) is 3.88. The topological polar surface area (TPSA) is 42.0 Å². The Morgan fingerprint density at radius 2 is 0.844 bits per heavy atom. The summed E-state index contributed by atoms with van der Waals surface area (Å²) in [5, 5.41) is 0. The van der Waals surface area contributed by atoms with Crippen LogP contribution in [-0.4, -0.2) is 67.4 Å². The van der Waals surface area contributed by atoms with Crippen LogP contribution in [0.1, 0.15) is 119 Å². The van der Waals surface area contributed by atoms with E-state index in [1.54, 1.807) is 0 Å². The molecule has 0 spiro atoms. The number of hydrogen-bond donors (Lipinski definition) is 0. The van der Waals surface area contributed by atoms with E-state index in [2.05, 4.69) is 37.5 Å². The summed E-state index contributed by atoms with van der Waals surface area (Å²) in [5.74, 6) is 0. The van der Waals surface area contributed by atoms with Crippen molar-refractivity contribution in [1.29, 1.82) is 0 Å². The van der Waals surface area contributed by atoms with Crippen molar-refractivity contribution in [1.82, 2.24) is 9.80 Å². The minimum Gasteiger partial charge on any atom is -0.431 e. The Bertz CT molecular complexity index is 368. The molecular formula is C27H56N2O3. The minimum atomic E-state index is -0.507. The molecule has 0 aromatic heterocycles. The zero-order chi connectivity index (χ0) is 24.0. The molecule has 0 unspecified atom stereocenters. The molecule has 0 aliphatic heterocycles. The smallest absolute Gasteiger partial charge is 0.431 e. The SMILES string of the molecule is CCCCN(CCCC)CCC[C@H](C)OC(=O)O[C@@H](C)CCCN(CCCC)CCCC. The van der Waals surface area contributed by atoms with Crippen molar-refractivity contribution in [3.05, 3.63) is 0 Å². The summed E-state index contributed by atoms with van der Waals surface area (Å²) in [7, 11) is 0. The van der Waals surface area contributed by atoms with Crippen LogP contribution in [0.15, 0.2) is 0 Å². The van der Waals surface area contributed by atoms with Gasteiger partial charge in [0.2, 0.25) is 0 Å². The Hall–Kier alpha value is -0.810. The maximum absolute atomic E-state index is 12.2. The van der Waals surface area contributed by atoms with Crippen LogP contribution < -0.4 is 0 Å². The maximum Gasteiger partial charge on any atom is 0.508 e. The molecule has 0 aliphatic rings. The van der Waals surface area contributed by atoms with Crippen molar-refractivity contribution in [2.24, 2.45) is 0 Å². The Balaban J connectivity index is 4.07. The van der Waals surface area contributed by atoms with Crippen LogP contribution in [0.2, 0.25) is 0 Å². The second-order valence-electron chi connectivity index (χ2n) is 9.49. The third-order valence-electron chi connectivity index (χ3n) is 6.08. The number of rotatable bonds is 22.